The number of carbonyl (C=O) groups is 1. The number of nitrogens with one attached hydrogen (secondary N) is 2. The van der Waals surface area contributed by atoms with Crippen LogP contribution in [0.5, 0.6) is 0 Å². The van der Waals surface area contributed by atoms with Crippen molar-refractivity contribution in [3.63, 3.8) is 0 Å². The summed E-state index contributed by atoms with van der Waals surface area (Å²) < 4.78 is 0. The lowest BCUT2D eigenvalue weighted by Crippen LogP contribution is -2.44. The highest BCUT2D eigenvalue weighted by molar-refractivity contribution is 6.31. The minimum absolute atomic E-state index is 0.000661. The summed E-state index contributed by atoms with van der Waals surface area (Å²) in [5, 5.41) is 7.19. The van der Waals surface area contributed by atoms with Crippen LogP contribution in [0.3, 0.4) is 0 Å². The van der Waals surface area contributed by atoms with Gasteiger partial charge in [0.15, 0.2) is 0 Å². The molecule has 1 aliphatic rings. The zero-order valence-corrected chi connectivity index (χ0v) is 13.8. The summed E-state index contributed by atoms with van der Waals surface area (Å²) in [6, 6.07) is 4.19. The zero-order valence-electron chi connectivity index (χ0n) is 13.0. The quantitative estimate of drug-likeness (QED) is 0.898. The van der Waals surface area contributed by atoms with Crippen LogP contribution in [-0.2, 0) is 4.79 Å². The molecule has 1 aromatic rings. The van der Waals surface area contributed by atoms with Crippen molar-refractivity contribution in [2.45, 2.75) is 33.2 Å². The highest BCUT2D eigenvalue weighted by Gasteiger charge is 2.21. The lowest BCUT2D eigenvalue weighted by atomic mass is 9.98. The molecular weight excluding hydrogens is 286 g/mol. The van der Waals surface area contributed by atoms with Gasteiger partial charge in [0.2, 0.25) is 5.91 Å². The highest BCUT2D eigenvalue weighted by atomic mass is 35.5. The van der Waals surface area contributed by atoms with Gasteiger partial charge in [0.1, 0.15) is 0 Å². The predicted octanol–water partition coefficient (Wildman–Crippen LogP) is 2.65. The topological polar surface area (TPSA) is 44.4 Å². The molecule has 1 aromatic carbocycles. The third kappa shape index (κ3) is 3.89. The van der Waals surface area contributed by atoms with Gasteiger partial charge in [-0.1, -0.05) is 24.6 Å². The van der Waals surface area contributed by atoms with E-state index in [4.69, 9.17) is 11.6 Å². The first kappa shape index (κ1) is 16.1. The maximum absolute atomic E-state index is 11.5. The van der Waals surface area contributed by atoms with Gasteiger partial charge in [-0.15, -0.1) is 0 Å². The molecule has 1 saturated heterocycles. The number of hydrogen-bond acceptors (Lipinski definition) is 3. The van der Waals surface area contributed by atoms with E-state index in [-0.39, 0.29) is 11.9 Å². The maximum atomic E-state index is 11.5. The second kappa shape index (κ2) is 7.14. The summed E-state index contributed by atoms with van der Waals surface area (Å²) in [5.41, 5.74) is 3.36. The molecule has 0 spiro atoms. The molecule has 1 atom stereocenters. The standard InChI is InChI=1S/C16H24ClN3O/c1-4-15(19-12(3)21)13-9-11(2)14(17)10-16(13)20-7-5-18-6-8-20/h9-10,15,18H,4-8H2,1-3H3,(H,19,21). The molecule has 0 saturated carbocycles. The van der Waals surface area contributed by atoms with Crippen molar-refractivity contribution >= 4 is 23.2 Å². The Morgan fingerprint density at radius 3 is 2.67 bits per heavy atom. The average molecular weight is 310 g/mol. The van der Waals surface area contributed by atoms with E-state index in [1.54, 1.807) is 6.92 Å². The van der Waals surface area contributed by atoms with Gasteiger partial charge < -0.3 is 15.5 Å². The molecule has 0 aliphatic carbocycles. The SMILES string of the molecule is CCC(NC(C)=O)c1cc(C)c(Cl)cc1N1CCNCC1. The van der Waals surface area contributed by atoms with E-state index in [1.807, 2.05) is 13.0 Å². The van der Waals surface area contributed by atoms with E-state index in [1.165, 1.54) is 0 Å². The average Bonchev–Trinajstić information content (AvgIpc) is 2.48. The van der Waals surface area contributed by atoms with Crippen LogP contribution in [0.15, 0.2) is 12.1 Å². The molecule has 4 nitrogen and oxygen atoms in total. The normalized spacial score (nSPS) is 16.7. The summed E-state index contributed by atoms with van der Waals surface area (Å²) in [6.07, 6.45) is 0.861. The van der Waals surface area contributed by atoms with Crippen molar-refractivity contribution in [1.29, 1.82) is 0 Å². The monoisotopic (exact) mass is 309 g/mol. The molecule has 0 radical (unpaired) electrons. The number of carbonyl (C=O) groups excluding carboxylic acids is 1. The first-order chi connectivity index (χ1) is 10.0. The smallest absolute Gasteiger partial charge is 0.217 e. The van der Waals surface area contributed by atoms with Gasteiger partial charge in [-0.25, -0.2) is 0 Å². The molecule has 1 heterocycles. The van der Waals surface area contributed by atoms with Gasteiger partial charge in [0.05, 0.1) is 6.04 Å². The first-order valence-corrected chi connectivity index (χ1v) is 7.93. The van der Waals surface area contributed by atoms with Crippen LogP contribution in [0.1, 0.15) is 37.4 Å². The second-order valence-electron chi connectivity index (χ2n) is 5.56. The fourth-order valence-electron chi connectivity index (χ4n) is 2.80. The van der Waals surface area contributed by atoms with Crippen LogP contribution in [0.25, 0.3) is 0 Å². The Hall–Kier alpha value is -1.26. The van der Waals surface area contributed by atoms with E-state index in [0.717, 1.165) is 54.4 Å². The molecule has 1 amide bonds. The number of benzene rings is 1. The summed E-state index contributed by atoms with van der Waals surface area (Å²) in [7, 11) is 0. The molecular formula is C16H24ClN3O. The van der Waals surface area contributed by atoms with E-state index in [9.17, 15) is 4.79 Å². The third-order valence-corrected chi connectivity index (χ3v) is 4.33. The fraction of sp³-hybridized carbons (Fsp3) is 0.562. The van der Waals surface area contributed by atoms with Crippen molar-refractivity contribution in [3.8, 4) is 0 Å². The predicted molar refractivity (Wildman–Crippen MR) is 88.1 cm³/mol. The molecule has 2 rings (SSSR count). The lowest BCUT2D eigenvalue weighted by molar-refractivity contribution is -0.119. The zero-order chi connectivity index (χ0) is 15.4. The van der Waals surface area contributed by atoms with Crippen LogP contribution in [0, 0.1) is 6.92 Å². The number of rotatable bonds is 4. The molecule has 1 fully saturated rings. The number of anilines is 1. The Morgan fingerprint density at radius 2 is 2.10 bits per heavy atom. The lowest BCUT2D eigenvalue weighted by Gasteiger charge is -2.33. The van der Waals surface area contributed by atoms with Crippen molar-refractivity contribution in [2.24, 2.45) is 0 Å². The van der Waals surface area contributed by atoms with E-state index in [2.05, 4.69) is 28.5 Å². The number of hydrogen-bond donors (Lipinski definition) is 2. The third-order valence-electron chi connectivity index (χ3n) is 3.93. The van der Waals surface area contributed by atoms with Gasteiger partial charge in [-0.05, 0) is 30.5 Å². The molecule has 1 aliphatic heterocycles. The van der Waals surface area contributed by atoms with Crippen molar-refractivity contribution in [1.82, 2.24) is 10.6 Å². The van der Waals surface area contributed by atoms with Gasteiger partial charge in [-0.3, -0.25) is 4.79 Å². The first-order valence-electron chi connectivity index (χ1n) is 7.55. The second-order valence-corrected chi connectivity index (χ2v) is 5.97. The van der Waals surface area contributed by atoms with E-state index >= 15 is 0 Å². The van der Waals surface area contributed by atoms with Crippen molar-refractivity contribution in [2.75, 3.05) is 31.1 Å². The number of halogens is 1. The molecule has 116 valence electrons. The Kier molecular flexibility index (Phi) is 5.48. The van der Waals surface area contributed by atoms with Crippen LogP contribution in [-0.4, -0.2) is 32.1 Å². The summed E-state index contributed by atoms with van der Waals surface area (Å²) in [6.45, 7) is 9.53. The van der Waals surface area contributed by atoms with Crippen LogP contribution in [0.2, 0.25) is 5.02 Å². The van der Waals surface area contributed by atoms with Gasteiger partial charge in [-0.2, -0.15) is 0 Å². The van der Waals surface area contributed by atoms with Gasteiger partial charge in [0.25, 0.3) is 0 Å². The molecule has 2 N–H and O–H groups in total. The molecule has 0 bridgehead atoms. The largest absolute Gasteiger partial charge is 0.369 e. The molecule has 0 aromatic heterocycles. The van der Waals surface area contributed by atoms with Crippen molar-refractivity contribution in [3.05, 3.63) is 28.3 Å². The minimum Gasteiger partial charge on any atom is -0.369 e. The van der Waals surface area contributed by atoms with Crippen molar-refractivity contribution < 1.29 is 4.79 Å². The highest BCUT2D eigenvalue weighted by Crippen LogP contribution is 2.33. The Balaban J connectivity index is 2.41. The number of piperazine rings is 1. The Labute approximate surface area is 131 Å². The van der Waals surface area contributed by atoms with Crippen LogP contribution >= 0.6 is 11.6 Å². The van der Waals surface area contributed by atoms with E-state index in [0.29, 0.717) is 0 Å². The number of aryl methyl sites for hydroxylation is 1. The summed E-state index contributed by atoms with van der Waals surface area (Å²) in [4.78, 5) is 13.8. The Bertz CT molecular complexity index is 512. The van der Waals surface area contributed by atoms with Gasteiger partial charge >= 0.3 is 0 Å². The van der Waals surface area contributed by atoms with Gasteiger partial charge in [0, 0.05) is 43.8 Å². The number of amides is 1. The number of nitrogens with zero attached hydrogens (tertiary/aromatic N) is 1. The molecule has 1 unspecified atom stereocenters. The molecule has 5 heteroatoms. The van der Waals surface area contributed by atoms with Crippen LogP contribution in [0.4, 0.5) is 5.69 Å². The summed E-state index contributed by atoms with van der Waals surface area (Å²) in [5.74, 6) is 0.000661. The van der Waals surface area contributed by atoms with Crippen LogP contribution < -0.4 is 15.5 Å². The minimum atomic E-state index is 0.000661. The maximum Gasteiger partial charge on any atom is 0.217 e. The van der Waals surface area contributed by atoms with E-state index < -0.39 is 0 Å². The molecule has 21 heavy (non-hydrogen) atoms. The summed E-state index contributed by atoms with van der Waals surface area (Å²) >= 11 is 6.33. The fourth-order valence-corrected chi connectivity index (χ4v) is 2.96. The Morgan fingerprint density at radius 1 is 1.43 bits per heavy atom.